The van der Waals surface area contributed by atoms with Crippen molar-refractivity contribution >= 4 is 22.6 Å². The van der Waals surface area contributed by atoms with Crippen LogP contribution in [-0.2, 0) is 4.79 Å². The Morgan fingerprint density at radius 3 is 2.48 bits per heavy atom. The fourth-order valence-corrected chi connectivity index (χ4v) is 2.54. The largest absolute Gasteiger partial charge is 0.481 e. The molecule has 0 aliphatic rings. The molecule has 0 saturated heterocycles. The van der Waals surface area contributed by atoms with Gasteiger partial charge in [0.2, 0.25) is 0 Å². The summed E-state index contributed by atoms with van der Waals surface area (Å²) in [6.45, 7) is 3.27. The van der Waals surface area contributed by atoms with Crippen LogP contribution in [0.5, 0.6) is 5.75 Å². The van der Waals surface area contributed by atoms with Gasteiger partial charge in [-0.15, -0.1) is 0 Å². The van der Waals surface area contributed by atoms with Crippen LogP contribution in [0.25, 0.3) is 10.8 Å². The van der Waals surface area contributed by atoms with Gasteiger partial charge >= 0.3 is 0 Å². The Balaban J connectivity index is 1.59. The molecule has 1 unspecified atom stereocenters. The number of nitrogens with one attached hydrogen (secondary N) is 3. The number of hydrogen-bond acceptors (Lipinski definition) is 4. The number of amides is 2. The lowest BCUT2D eigenvalue weighted by atomic mass is 10.1. The molecule has 0 radical (unpaired) electrons. The number of H-pyrrole nitrogens is 1. The van der Waals surface area contributed by atoms with E-state index in [0.717, 1.165) is 10.8 Å². The number of carbonyl (C=O) groups is 2. The van der Waals surface area contributed by atoms with Crippen LogP contribution in [0.2, 0.25) is 0 Å². The van der Waals surface area contributed by atoms with Gasteiger partial charge in [-0.05, 0) is 48.9 Å². The molecule has 2 amide bonds. The number of aromatic amines is 1. The molecule has 0 spiro atoms. The van der Waals surface area contributed by atoms with E-state index in [4.69, 9.17) is 4.74 Å². The minimum atomic E-state index is -0.845. The quantitative estimate of drug-likeness (QED) is 0.616. The van der Waals surface area contributed by atoms with Crippen LogP contribution in [0.15, 0.2) is 59.4 Å². The van der Waals surface area contributed by atoms with Crippen molar-refractivity contribution in [2.45, 2.75) is 20.0 Å². The lowest BCUT2D eigenvalue weighted by Gasteiger charge is -2.15. The van der Waals surface area contributed by atoms with Gasteiger partial charge in [0.15, 0.2) is 6.10 Å². The fraction of sp³-hybridized carbons (Fsp3) is 0.150. The van der Waals surface area contributed by atoms with E-state index in [-0.39, 0.29) is 5.56 Å². The molecule has 1 aromatic heterocycles. The molecular formula is C20H19N3O4. The zero-order valence-corrected chi connectivity index (χ0v) is 14.9. The second kappa shape index (κ2) is 7.74. The number of carbonyl (C=O) groups excluding carboxylic acids is 2. The van der Waals surface area contributed by atoms with Gasteiger partial charge in [-0.25, -0.2) is 0 Å². The summed E-state index contributed by atoms with van der Waals surface area (Å²) in [5.74, 6) is -0.708. The van der Waals surface area contributed by atoms with Crippen LogP contribution in [0.4, 0.5) is 0 Å². The van der Waals surface area contributed by atoms with Crippen LogP contribution >= 0.6 is 0 Å². The van der Waals surface area contributed by atoms with Crippen molar-refractivity contribution < 1.29 is 14.3 Å². The predicted molar refractivity (Wildman–Crippen MR) is 101 cm³/mol. The summed E-state index contributed by atoms with van der Waals surface area (Å²) < 4.78 is 5.63. The Kier molecular flexibility index (Phi) is 5.21. The van der Waals surface area contributed by atoms with Crippen molar-refractivity contribution in [2.24, 2.45) is 0 Å². The highest BCUT2D eigenvalue weighted by molar-refractivity contribution is 5.95. The van der Waals surface area contributed by atoms with Gasteiger partial charge in [0.25, 0.3) is 17.4 Å². The fourth-order valence-electron chi connectivity index (χ4n) is 2.54. The summed E-state index contributed by atoms with van der Waals surface area (Å²) in [4.78, 5) is 38.4. The lowest BCUT2D eigenvalue weighted by Crippen LogP contribution is -2.48. The van der Waals surface area contributed by atoms with Crippen molar-refractivity contribution in [1.29, 1.82) is 0 Å². The number of rotatable bonds is 4. The average molecular weight is 365 g/mol. The molecule has 3 aromatic rings. The van der Waals surface area contributed by atoms with E-state index in [2.05, 4.69) is 15.8 Å². The number of benzene rings is 2. The number of pyridine rings is 1. The van der Waals surface area contributed by atoms with Crippen molar-refractivity contribution in [1.82, 2.24) is 15.8 Å². The minimum Gasteiger partial charge on any atom is -0.481 e. The number of hydrogen-bond donors (Lipinski definition) is 3. The van der Waals surface area contributed by atoms with Gasteiger partial charge in [0.1, 0.15) is 11.3 Å². The van der Waals surface area contributed by atoms with Gasteiger partial charge in [-0.2, -0.15) is 0 Å². The zero-order chi connectivity index (χ0) is 19.4. The third-order valence-corrected chi connectivity index (χ3v) is 4.00. The van der Waals surface area contributed by atoms with E-state index in [9.17, 15) is 14.4 Å². The molecule has 0 bridgehead atoms. The number of aryl methyl sites for hydroxylation is 1. The van der Waals surface area contributed by atoms with E-state index >= 15 is 0 Å². The van der Waals surface area contributed by atoms with Gasteiger partial charge < -0.3 is 9.72 Å². The molecule has 1 atom stereocenters. The Morgan fingerprint density at radius 2 is 1.74 bits per heavy atom. The maximum Gasteiger partial charge on any atom is 0.279 e. The topological polar surface area (TPSA) is 100 Å². The highest BCUT2D eigenvalue weighted by Crippen LogP contribution is 2.21. The molecule has 0 aliphatic carbocycles. The molecule has 27 heavy (non-hydrogen) atoms. The van der Waals surface area contributed by atoms with Crippen LogP contribution in [0, 0.1) is 6.92 Å². The number of hydrazine groups is 1. The predicted octanol–water partition coefficient (Wildman–Crippen LogP) is 2.07. The average Bonchev–Trinajstić information content (AvgIpc) is 2.65. The first-order chi connectivity index (χ1) is 12.9. The van der Waals surface area contributed by atoms with Gasteiger partial charge in [-0.3, -0.25) is 25.2 Å². The molecule has 0 saturated carbocycles. The molecule has 3 N–H and O–H groups in total. The molecule has 0 fully saturated rings. The van der Waals surface area contributed by atoms with E-state index in [1.54, 1.807) is 26.0 Å². The first kappa shape index (κ1) is 18.2. The summed E-state index contributed by atoms with van der Waals surface area (Å²) >= 11 is 0. The summed E-state index contributed by atoms with van der Waals surface area (Å²) in [7, 11) is 0. The molecule has 3 rings (SSSR count). The van der Waals surface area contributed by atoms with E-state index < -0.39 is 23.5 Å². The van der Waals surface area contributed by atoms with Crippen LogP contribution in [-0.4, -0.2) is 22.9 Å². The van der Waals surface area contributed by atoms with Crippen molar-refractivity contribution in [3.05, 3.63) is 76.2 Å². The number of aromatic nitrogens is 1. The summed E-state index contributed by atoms with van der Waals surface area (Å²) in [5.41, 5.74) is 4.50. The summed E-state index contributed by atoms with van der Waals surface area (Å²) in [6.07, 6.45) is -0.845. The highest BCUT2D eigenvalue weighted by Gasteiger charge is 2.17. The normalized spacial score (nSPS) is 11.6. The molecule has 0 aliphatic heterocycles. The monoisotopic (exact) mass is 365 g/mol. The molecule has 7 heteroatoms. The van der Waals surface area contributed by atoms with E-state index in [1.807, 2.05) is 36.4 Å². The maximum absolute atomic E-state index is 12.1. The Morgan fingerprint density at radius 1 is 1.00 bits per heavy atom. The minimum absolute atomic E-state index is 0.0935. The second-order valence-electron chi connectivity index (χ2n) is 6.10. The van der Waals surface area contributed by atoms with Crippen LogP contribution < -0.4 is 21.1 Å². The molecule has 7 nitrogen and oxygen atoms in total. The molecular weight excluding hydrogens is 346 g/mol. The third-order valence-electron chi connectivity index (χ3n) is 4.00. The van der Waals surface area contributed by atoms with Gasteiger partial charge in [0, 0.05) is 5.69 Å². The van der Waals surface area contributed by atoms with E-state index in [0.29, 0.717) is 11.4 Å². The summed E-state index contributed by atoms with van der Waals surface area (Å²) in [6, 6.07) is 16.3. The van der Waals surface area contributed by atoms with Crippen molar-refractivity contribution in [2.75, 3.05) is 0 Å². The number of fused-ring (bicyclic) bond motifs is 1. The maximum atomic E-state index is 12.1. The van der Waals surface area contributed by atoms with Crippen LogP contribution in [0.3, 0.4) is 0 Å². The molecule has 2 aromatic carbocycles. The first-order valence-electron chi connectivity index (χ1n) is 8.39. The first-order valence-corrected chi connectivity index (χ1v) is 8.39. The van der Waals surface area contributed by atoms with Crippen molar-refractivity contribution in [3.8, 4) is 5.75 Å². The zero-order valence-electron chi connectivity index (χ0n) is 14.9. The highest BCUT2D eigenvalue weighted by atomic mass is 16.5. The second-order valence-corrected chi connectivity index (χ2v) is 6.10. The van der Waals surface area contributed by atoms with Crippen molar-refractivity contribution in [3.63, 3.8) is 0 Å². The Hall–Kier alpha value is -3.61. The standard InChI is InChI=1S/C20H19N3O4/c1-12-7-10-17(19(25)21-12)20(26)23-22-18(24)13(2)27-16-9-8-14-5-3-4-6-15(14)11-16/h3-11,13H,1-2H3,(H,21,25)(H,22,24)(H,23,26). The SMILES string of the molecule is Cc1ccc(C(=O)NNC(=O)C(C)Oc2ccc3ccccc3c2)c(=O)[nH]1. The lowest BCUT2D eigenvalue weighted by molar-refractivity contribution is -0.128. The number of ether oxygens (including phenoxy) is 1. The third kappa shape index (κ3) is 4.33. The smallest absolute Gasteiger partial charge is 0.279 e. The summed E-state index contributed by atoms with van der Waals surface area (Å²) in [5, 5.41) is 2.06. The molecule has 138 valence electrons. The van der Waals surface area contributed by atoms with E-state index in [1.165, 1.54) is 6.07 Å². The van der Waals surface area contributed by atoms with Gasteiger partial charge in [0.05, 0.1) is 0 Å². The van der Waals surface area contributed by atoms with Gasteiger partial charge in [-0.1, -0.05) is 30.3 Å². The Labute approximate surface area is 155 Å². The Bertz CT molecular complexity index is 1060. The van der Waals surface area contributed by atoms with Crippen LogP contribution in [0.1, 0.15) is 23.0 Å². The molecule has 1 heterocycles.